The first-order chi connectivity index (χ1) is 10.7. The summed E-state index contributed by atoms with van der Waals surface area (Å²) in [5.41, 5.74) is 2.77. The Morgan fingerprint density at radius 3 is 2.73 bits per heavy atom. The van der Waals surface area contributed by atoms with Gasteiger partial charge in [0.25, 0.3) is 5.22 Å². The monoisotopic (exact) mass is 315 g/mol. The van der Waals surface area contributed by atoms with Crippen molar-refractivity contribution in [2.75, 3.05) is 12.4 Å². The fraction of sp³-hybridized carbons (Fsp3) is 0.235. The molecule has 0 saturated heterocycles. The molecule has 1 atom stereocenters. The number of para-hydroxylation sites is 2. The SMILES string of the molecule is Cc1ccc(OC[C@H](O)CSc2nc3ccccc3o2)cc1. The highest BCUT2D eigenvalue weighted by molar-refractivity contribution is 7.99. The summed E-state index contributed by atoms with van der Waals surface area (Å²) >= 11 is 1.38. The van der Waals surface area contributed by atoms with E-state index in [1.54, 1.807) is 0 Å². The molecule has 0 unspecified atom stereocenters. The molecule has 22 heavy (non-hydrogen) atoms. The summed E-state index contributed by atoms with van der Waals surface area (Å²) in [4.78, 5) is 4.36. The van der Waals surface area contributed by atoms with Crippen LogP contribution in [0.5, 0.6) is 5.75 Å². The van der Waals surface area contributed by atoms with Crippen molar-refractivity contribution in [3.8, 4) is 5.75 Å². The van der Waals surface area contributed by atoms with Gasteiger partial charge in [0.05, 0.1) is 6.10 Å². The van der Waals surface area contributed by atoms with Crippen LogP contribution in [0.25, 0.3) is 11.1 Å². The summed E-state index contributed by atoms with van der Waals surface area (Å²) < 4.78 is 11.2. The van der Waals surface area contributed by atoms with Crippen LogP contribution in [0.3, 0.4) is 0 Å². The van der Waals surface area contributed by atoms with Gasteiger partial charge in [0.1, 0.15) is 17.9 Å². The van der Waals surface area contributed by atoms with Crippen molar-refractivity contribution in [1.29, 1.82) is 0 Å². The Kier molecular flexibility index (Phi) is 4.65. The lowest BCUT2D eigenvalue weighted by Gasteiger charge is -2.11. The molecular formula is C17H17NO3S. The molecule has 0 aliphatic heterocycles. The van der Waals surface area contributed by atoms with Crippen LogP contribution in [0, 0.1) is 6.92 Å². The molecule has 4 nitrogen and oxygen atoms in total. The molecule has 1 N–H and O–H groups in total. The molecule has 1 heterocycles. The lowest BCUT2D eigenvalue weighted by atomic mass is 10.2. The summed E-state index contributed by atoms with van der Waals surface area (Å²) in [5.74, 6) is 1.23. The van der Waals surface area contributed by atoms with Crippen molar-refractivity contribution >= 4 is 22.9 Å². The third kappa shape index (κ3) is 3.81. The summed E-state index contributed by atoms with van der Waals surface area (Å²) in [6, 6.07) is 15.4. The van der Waals surface area contributed by atoms with Gasteiger partial charge in [-0.1, -0.05) is 41.6 Å². The Labute approximate surface area is 133 Å². The molecule has 0 radical (unpaired) electrons. The number of rotatable bonds is 6. The molecule has 0 saturated carbocycles. The zero-order valence-corrected chi connectivity index (χ0v) is 13.0. The predicted molar refractivity (Wildman–Crippen MR) is 87.4 cm³/mol. The van der Waals surface area contributed by atoms with Crippen molar-refractivity contribution in [1.82, 2.24) is 4.98 Å². The number of fused-ring (bicyclic) bond motifs is 1. The van der Waals surface area contributed by atoms with Crippen LogP contribution < -0.4 is 4.74 Å². The number of thioether (sulfide) groups is 1. The van der Waals surface area contributed by atoms with Gasteiger partial charge in [-0.05, 0) is 31.2 Å². The van der Waals surface area contributed by atoms with Gasteiger partial charge in [-0.3, -0.25) is 0 Å². The smallest absolute Gasteiger partial charge is 0.256 e. The van der Waals surface area contributed by atoms with E-state index >= 15 is 0 Å². The normalized spacial score (nSPS) is 12.5. The summed E-state index contributed by atoms with van der Waals surface area (Å²) in [5, 5.41) is 10.6. The molecule has 0 aliphatic carbocycles. The summed E-state index contributed by atoms with van der Waals surface area (Å²) in [6.45, 7) is 2.27. The van der Waals surface area contributed by atoms with Crippen LogP contribution >= 0.6 is 11.8 Å². The molecule has 1 aromatic heterocycles. The van der Waals surface area contributed by atoms with Crippen LogP contribution in [0.1, 0.15) is 5.56 Å². The fourth-order valence-electron chi connectivity index (χ4n) is 1.96. The maximum atomic E-state index is 9.99. The number of benzene rings is 2. The van der Waals surface area contributed by atoms with Gasteiger partial charge in [0.2, 0.25) is 0 Å². The third-order valence-corrected chi connectivity index (χ3v) is 4.11. The van der Waals surface area contributed by atoms with Gasteiger partial charge in [-0.25, -0.2) is 4.98 Å². The van der Waals surface area contributed by atoms with E-state index in [1.165, 1.54) is 17.3 Å². The van der Waals surface area contributed by atoms with E-state index in [-0.39, 0.29) is 6.61 Å². The van der Waals surface area contributed by atoms with Crippen LogP contribution in [0.2, 0.25) is 0 Å². The van der Waals surface area contributed by atoms with Gasteiger partial charge in [0.15, 0.2) is 5.58 Å². The molecule has 114 valence electrons. The van der Waals surface area contributed by atoms with Gasteiger partial charge in [-0.2, -0.15) is 0 Å². The lowest BCUT2D eigenvalue weighted by molar-refractivity contribution is 0.126. The number of ether oxygens (including phenoxy) is 1. The average Bonchev–Trinajstić information content (AvgIpc) is 2.95. The highest BCUT2D eigenvalue weighted by Crippen LogP contribution is 2.23. The van der Waals surface area contributed by atoms with Crippen molar-refractivity contribution in [3.63, 3.8) is 0 Å². The lowest BCUT2D eigenvalue weighted by Crippen LogP contribution is -2.20. The molecule has 0 aliphatic rings. The standard InChI is InChI=1S/C17H17NO3S/c1-12-6-8-14(9-7-12)20-10-13(19)11-22-17-18-15-4-2-3-5-16(15)21-17/h2-9,13,19H,10-11H2,1H3/t13-/m0/s1. The molecule has 2 aromatic carbocycles. The van der Waals surface area contributed by atoms with Crippen LogP contribution in [0.15, 0.2) is 58.2 Å². The van der Waals surface area contributed by atoms with Gasteiger partial charge < -0.3 is 14.3 Å². The van der Waals surface area contributed by atoms with Gasteiger partial charge in [-0.15, -0.1) is 0 Å². The number of aryl methyl sites for hydroxylation is 1. The Hall–Kier alpha value is -1.98. The number of aliphatic hydroxyl groups is 1. The highest BCUT2D eigenvalue weighted by Gasteiger charge is 2.10. The van der Waals surface area contributed by atoms with Crippen molar-refractivity contribution in [2.24, 2.45) is 0 Å². The van der Waals surface area contributed by atoms with E-state index in [0.717, 1.165) is 16.8 Å². The number of hydrogen-bond donors (Lipinski definition) is 1. The molecular weight excluding hydrogens is 298 g/mol. The molecule has 0 bridgehead atoms. The Bertz CT molecular complexity index is 706. The minimum Gasteiger partial charge on any atom is -0.491 e. The second-order valence-corrected chi connectivity index (χ2v) is 6.01. The van der Waals surface area contributed by atoms with Crippen molar-refractivity contribution in [2.45, 2.75) is 18.3 Å². The van der Waals surface area contributed by atoms with E-state index < -0.39 is 6.10 Å². The van der Waals surface area contributed by atoms with E-state index in [2.05, 4.69) is 4.98 Å². The van der Waals surface area contributed by atoms with E-state index in [4.69, 9.17) is 9.15 Å². The number of nitrogens with zero attached hydrogens (tertiary/aromatic N) is 1. The van der Waals surface area contributed by atoms with Crippen LogP contribution in [-0.4, -0.2) is 28.6 Å². The Balaban J connectivity index is 1.49. The largest absolute Gasteiger partial charge is 0.491 e. The number of hydrogen-bond acceptors (Lipinski definition) is 5. The number of aliphatic hydroxyl groups excluding tert-OH is 1. The maximum Gasteiger partial charge on any atom is 0.256 e. The zero-order valence-electron chi connectivity index (χ0n) is 12.2. The first-order valence-corrected chi connectivity index (χ1v) is 8.05. The number of aromatic nitrogens is 1. The van der Waals surface area contributed by atoms with E-state index in [1.807, 2.05) is 55.5 Å². The summed E-state index contributed by atoms with van der Waals surface area (Å²) in [7, 11) is 0. The van der Waals surface area contributed by atoms with E-state index in [0.29, 0.717) is 11.0 Å². The average molecular weight is 315 g/mol. The molecule has 0 amide bonds. The van der Waals surface area contributed by atoms with Gasteiger partial charge >= 0.3 is 0 Å². The van der Waals surface area contributed by atoms with Gasteiger partial charge in [0, 0.05) is 5.75 Å². The first kappa shape index (κ1) is 14.9. The fourth-order valence-corrected chi connectivity index (χ4v) is 2.70. The predicted octanol–water partition coefficient (Wildman–Crippen LogP) is 3.67. The third-order valence-electron chi connectivity index (χ3n) is 3.14. The minimum absolute atomic E-state index is 0.246. The second-order valence-electron chi connectivity index (χ2n) is 5.04. The number of oxazole rings is 1. The molecule has 3 rings (SSSR count). The molecule has 3 aromatic rings. The molecule has 5 heteroatoms. The highest BCUT2D eigenvalue weighted by atomic mass is 32.2. The zero-order chi connectivity index (χ0) is 15.4. The molecule has 0 spiro atoms. The van der Waals surface area contributed by atoms with Crippen LogP contribution in [0.4, 0.5) is 0 Å². The summed E-state index contributed by atoms with van der Waals surface area (Å²) in [6.07, 6.45) is -0.582. The minimum atomic E-state index is -0.582. The van der Waals surface area contributed by atoms with Crippen molar-refractivity contribution in [3.05, 3.63) is 54.1 Å². The Morgan fingerprint density at radius 2 is 1.95 bits per heavy atom. The quantitative estimate of drug-likeness (QED) is 0.703. The second kappa shape index (κ2) is 6.85. The van der Waals surface area contributed by atoms with Crippen molar-refractivity contribution < 1.29 is 14.3 Å². The maximum absolute atomic E-state index is 9.99. The first-order valence-electron chi connectivity index (χ1n) is 7.06. The Morgan fingerprint density at radius 1 is 1.18 bits per heavy atom. The topological polar surface area (TPSA) is 55.5 Å². The van der Waals surface area contributed by atoms with Crippen LogP contribution in [-0.2, 0) is 0 Å². The molecule has 0 fully saturated rings. The van der Waals surface area contributed by atoms with E-state index in [9.17, 15) is 5.11 Å².